The molecule has 0 spiro atoms. The zero-order chi connectivity index (χ0) is 21.9. The molecule has 0 saturated carbocycles. The van der Waals surface area contributed by atoms with Gasteiger partial charge in [-0.25, -0.2) is 0 Å². The van der Waals surface area contributed by atoms with Crippen molar-refractivity contribution in [2.45, 2.75) is 52.1 Å². The lowest BCUT2D eigenvalue weighted by Gasteiger charge is -2.40. The van der Waals surface area contributed by atoms with Gasteiger partial charge in [-0.15, -0.1) is 0 Å². The first-order valence-electron chi connectivity index (χ1n) is 10.9. The molecule has 30 heavy (non-hydrogen) atoms. The summed E-state index contributed by atoms with van der Waals surface area (Å²) < 4.78 is 1.49. The third kappa shape index (κ3) is 4.66. The maximum Gasteiger partial charge on any atom is 0.272 e. The van der Waals surface area contributed by atoms with E-state index in [4.69, 9.17) is 0 Å². The molecule has 3 heterocycles. The number of carbonyl (C=O) groups is 3. The van der Waals surface area contributed by atoms with Gasteiger partial charge in [0.15, 0.2) is 5.69 Å². The highest BCUT2D eigenvalue weighted by Gasteiger charge is 2.46. The van der Waals surface area contributed by atoms with Gasteiger partial charge in [-0.3, -0.25) is 19.1 Å². The second-order valence-corrected chi connectivity index (χ2v) is 8.95. The molecule has 2 aliphatic rings. The highest BCUT2D eigenvalue weighted by atomic mass is 16.2. The van der Waals surface area contributed by atoms with Gasteiger partial charge in [-0.1, -0.05) is 13.8 Å². The molecule has 1 aromatic heterocycles. The minimum absolute atomic E-state index is 0.206. The molecular formula is C21H34N6O3. The highest BCUT2D eigenvalue weighted by Crippen LogP contribution is 2.26. The van der Waals surface area contributed by atoms with Gasteiger partial charge in [0.05, 0.1) is 6.54 Å². The molecule has 1 unspecified atom stereocenters. The lowest BCUT2D eigenvalue weighted by Crippen LogP contribution is -2.62. The van der Waals surface area contributed by atoms with Crippen LogP contribution < -0.4 is 10.6 Å². The van der Waals surface area contributed by atoms with Crippen LogP contribution >= 0.6 is 0 Å². The molecule has 9 nitrogen and oxygen atoms in total. The summed E-state index contributed by atoms with van der Waals surface area (Å²) in [6.45, 7) is 10.2. The standard InChI is InChI=1S/C21H34N6O3/c1-15(2)7-8-23-20(30)21(3)14-27-17(19(29)25(21)4)13-16(24-27)18(28)22-9-12-26-10-5-6-11-26/h13,15H,5-12,14H2,1-4H3,(H,22,28)(H,23,30). The van der Waals surface area contributed by atoms with E-state index in [2.05, 4.69) is 34.5 Å². The van der Waals surface area contributed by atoms with Crippen molar-refractivity contribution >= 4 is 17.7 Å². The van der Waals surface area contributed by atoms with Crippen LogP contribution in [0.5, 0.6) is 0 Å². The molecule has 1 saturated heterocycles. The van der Waals surface area contributed by atoms with Crippen molar-refractivity contribution in [1.82, 2.24) is 30.2 Å². The summed E-state index contributed by atoms with van der Waals surface area (Å²) in [7, 11) is 1.62. The molecule has 166 valence electrons. The van der Waals surface area contributed by atoms with Crippen LogP contribution in [0, 0.1) is 5.92 Å². The predicted molar refractivity (Wildman–Crippen MR) is 113 cm³/mol. The van der Waals surface area contributed by atoms with E-state index in [-0.39, 0.29) is 30.0 Å². The molecule has 2 N–H and O–H groups in total. The van der Waals surface area contributed by atoms with Gasteiger partial charge in [-0.05, 0) is 45.2 Å². The van der Waals surface area contributed by atoms with Crippen LogP contribution in [0.2, 0.25) is 0 Å². The largest absolute Gasteiger partial charge is 0.354 e. The second-order valence-electron chi connectivity index (χ2n) is 8.95. The number of amides is 3. The zero-order valence-electron chi connectivity index (χ0n) is 18.5. The van der Waals surface area contributed by atoms with Gasteiger partial charge in [0.25, 0.3) is 11.8 Å². The average Bonchev–Trinajstić information content (AvgIpc) is 3.35. The first-order valence-corrected chi connectivity index (χ1v) is 10.9. The second kappa shape index (κ2) is 9.16. The fourth-order valence-electron chi connectivity index (χ4n) is 3.93. The summed E-state index contributed by atoms with van der Waals surface area (Å²) in [6.07, 6.45) is 3.29. The SMILES string of the molecule is CC(C)CCNC(=O)C1(C)Cn2nc(C(=O)NCCN3CCCC3)cc2C(=O)N1C. The fraction of sp³-hybridized carbons (Fsp3) is 0.714. The van der Waals surface area contributed by atoms with Gasteiger partial charge in [0.1, 0.15) is 11.2 Å². The van der Waals surface area contributed by atoms with Crippen molar-refractivity contribution in [2.75, 3.05) is 39.8 Å². The number of likely N-dealkylation sites (N-methyl/N-ethyl adjacent to an activating group) is 1. The number of nitrogens with zero attached hydrogens (tertiary/aromatic N) is 4. The normalized spacial score (nSPS) is 21.8. The summed E-state index contributed by atoms with van der Waals surface area (Å²) in [5.74, 6) is -0.342. The van der Waals surface area contributed by atoms with Crippen LogP contribution in [0.15, 0.2) is 6.07 Å². The minimum atomic E-state index is -1.06. The molecule has 3 amide bonds. The van der Waals surface area contributed by atoms with E-state index in [1.807, 2.05) is 0 Å². The van der Waals surface area contributed by atoms with Crippen molar-refractivity contribution in [3.8, 4) is 0 Å². The van der Waals surface area contributed by atoms with Crippen LogP contribution in [0.1, 0.15) is 61.0 Å². The summed E-state index contributed by atoms with van der Waals surface area (Å²) in [5.41, 5.74) is -0.524. The molecule has 9 heteroatoms. The Bertz CT molecular complexity index is 799. The number of aromatic nitrogens is 2. The maximum absolute atomic E-state index is 12.9. The Hall–Kier alpha value is -2.42. The molecule has 1 atom stereocenters. The van der Waals surface area contributed by atoms with Crippen LogP contribution in [0.4, 0.5) is 0 Å². The fourth-order valence-corrected chi connectivity index (χ4v) is 3.93. The molecule has 1 fully saturated rings. The lowest BCUT2D eigenvalue weighted by molar-refractivity contribution is -0.132. The predicted octanol–water partition coefficient (Wildman–Crippen LogP) is 0.715. The summed E-state index contributed by atoms with van der Waals surface area (Å²) in [6, 6.07) is 1.51. The third-order valence-corrected chi connectivity index (χ3v) is 6.14. The number of nitrogens with one attached hydrogen (secondary N) is 2. The Morgan fingerprint density at radius 1 is 1.20 bits per heavy atom. The lowest BCUT2D eigenvalue weighted by atomic mass is 9.95. The Morgan fingerprint density at radius 3 is 2.57 bits per heavy atom. The molecule has 1 aromatic rings. The van der Waals surface area contributed by atoms with Gasteiger partial charge in [0.2, 0.25) is 5.91 Å². The topological polar surface area (TPSA) is 99.6 Å². The van der Waals surface area contributed by atoms with E-state index in [0.717, 1.165) is 26.1 Å². The average molecular weight is 419 g/mol. The van der Waals surface area contributed by atoms with Crippen LogP contribution in [-0.2, 0) is 11.3 Å². The number of carbonyl (C=O) groups excluding carboxylic acids is 3. The summed E-state index contributed by atoms with van der Waals surface area (Å²) in [5, 5.41) is 10.2. The van der Waals surface area contributed by atoms with Crippen LogP contribution in [0.3, 0.4) is 0 Å². The van der Waals surface area contributed by atoms with E-state index in [1.54, 1.807) is 14.0 Å². The number of fused-ring (bicyclic) bond motifs is 1. The Kier molecular flexibility index (Phi) is 6.80. The Labute approximate surface area is 178 Å². The van der Waals surface area contributed by atoms with Crippen molar-refractivity contribution in [1.29, 1.82) is 0 Å². The first-order chi connectivity index (χ1) is 14.2. The van der Waals surface area contributed by atoms with Crippen molar-refractivity contribution in [3.63, 3.8) is 0 Å². The smallest absolute Gasteiger partial charge is 0.272 e. The number of hydrogen-bond donors (Lipinski definition) is 2. The molecular weight excluding hydrogens is 384 g/mol. The van der Waals surface area contributed by atoms with Crippen molar-refractivity contribution in [3.05, 3.63) is 17.5 Å². The Morgan fingerprint density at radius 2 is 1.90 bits per heavy atom. The zero-order valence-corrected chi connectivity index (χ0v) is 18.5. The summed E-state index contributed by atoms with van der Waals surface area (Å²) in [4.78, 5) is 42.0. The van der Waals surface area contributed by atoms with Gasteiger partial charge < -0.3 is 20.4 Å². The van der Waals surface area contributed by atoms with E-state index < -0.39 is 5.54 Å². The molecule has 0 aromatic carbocycles. The summed E-state index contributed by atoms with van der Waals surface area (Å²) >= 11 is 0. The molecule has 0 aliphatic carbocycles. The first kappa shape index (κ1) is 22.3. The van der Waals surface area contributed by atoms with Gasteiger partial charge in [0, 0.05) is 32.7 Å². The van der Waals surface area contributed by atoms with E-state index in [0.29, 0.717) is 24.7 Å². The molecule has 3 rings (SSSR count). The van der Waals surface area contributed by atoms with Crippen molar-refractivity contribution in [2.24, 2.45) is 5.92 Å². The maximum atomic E-state index is 12.9. The van der Waals surface area contributed by atoms with E-state index >= 15 is 0 Å². The van der Waals surface area contributed by atoms with Crippen LogP contribution in [0.25, 0.3) is 0 Å². The van der Waals surface area contributed by atoms with E-state index in [9.17, 15) is 14.4 Å². The number of rotatable bonds is 8. The molecule has 0 radical (unpaired) electrons. The monoisotopic (exact) mass is 418 g/mol. The van der Waals surface area contributed by atoms with Crippen molar-refractivity contribution < 1.29 is 14.4 Å². The van der Waals surface area contributed by atoms with Crippen LogP contribution in [-0.4, -0.2) is 82.6 Å². The van der Waals surface area contributed by atoms with Gasteiger partial charge >= 0.3 is 0 Å². The van der Waals surface area contributed by atoms with Gasteiger partial charge in [-0.2, -0.15) is 5.10 Å². The Balaban J connectivity index is 1.65. The number of hydrogen-bond acceptors (Lipinski definition) is 5. The highest BCUT2D eigenvalue weighted by molar-refractivity contribution is 6.01. The minimum Gasteiger partial charge on any atom is -0.354 e. The number of likely N-dealkylation sites (tertiary alicyclic amines) is 1. The molecule has 0 bridgehead atoms. The van der Waals surface area contributed by atoms with E-state index in [1.165, 1.54) is 28.5 Å². The molecule has 2 aliphatic heterocycles. The third-order valence-electron chi connectivity index (χ3n) is 6.14. The quantitative estimate of drug-likeness (QED) is 0.648.